The van der Waals surface area contributed by atoms with Gasteiger partial charge in [-0.05, 0) is 31.5 Å². The summed E-state index contributed by atoms with van der Waals surface area (Å²) in [6.07, 6.45) is 0.0650. The van der Waals surface area contributed by atoms with Crippen molar-refractivity contribution < 1.29 is 14.3 Å². The number of hydrogen-bond acceptors (Lipinski definition) is 3. The van der Waals surface area contributed by atoms with Gasteiger partial charge in [0.2, 0.25) is 0 Å². The molecule has 0 saturated carbocycles. The molecule has 0 bridgehead atoms. The molecule has 4 nitrogen and oxygen atoms in total. The van der Waals surface area contributed by atoms with Crippen LogP contribution in [0.15, 0.2) is 18.2 Å². The number of nitrogens with zero attached hydrogens (tertiary/aromatic N) is 1. The summed E-state index contributed by atoms with van der Waals surface area (Å²) >= 11 is 5.96. The van der Waals surface area contributed by atoms with E-state index in [0.29, 0.717) is 23.4 Å². The number of Topliss-reactive ketones (excluding diaryl/α,β-unsaturated/α-hetero) is 1. The van der Waals surface area contributed by atoms with Gasteiger partial charge in [-0.3, -0.25) is 9.59 Å². The fourth-order valence-electron chi connectivity index (χ4n) is 2.03. The van der Waals surface area contributed by atoms with E-state index in [-0.39, 0.29) is 11.7 Å². The van der Waals surface area contributed by atoms with Gasteiger partial charge in [-0.15, -0.1) is 11.6 Å². The van der Waals surface area contributed by atoms with E-state index in [4.69, 9.17) is 16.3 Å². The Balaban J connectivity index is 2.39. The molecule has 1 aromatic rings. The third kappa shape index (κ3) is 2.45. The number of fused-ring (bicyclic) bond motifs is 1. The summed E-state index contributed by atoms with van der Waals surface area (Å²) in [6.45, 7) is 3.56. The van der Waals surface area contributed by atoms with Crippen LogP contribution in [0.2, 0.25) is 0 Å². The third-order valence-corrected chi connectivity index (χ3v) is 3.74. The molecule has 19 heavy (non-hydrogen) atoms. The quantitative estimate of drug-likeness (QED) is 0.632. The first kappa shape index (κ1) is 13.9. The summed E-state index contributed by atoms with van der Waals surface area (Å²) in [7, 11) is 1.67. The van der Waals surface area contributed by atoms with E-state index in [9.17, 15) is 9.59 Å². The van der Waals surface area contributed by atoms with Crippen molar-refractivity contribution in [1.82, 2.24) is 0 Å². The third-order valence-electron chi connectivity index (χ3n) is 3.23. The van der Waals surface area contributed by atoms with E-state index in [1.165, 1.54) is 4.90 Å². The number of ether oxygens (including phenoxy) is 1. The number of halogens is 1. The number of anilines is 1. The van der Waals surface area contributed by atoms with Crippen LogP contribution in [0.5, 0.6) is 5.75 Å². The molecule has 0 N–H and O–H groups in total. The molecule has 1 aliphatic rings. The lowest BCUT2D eigenvalue weighted by molar-refractivity contribution is -0.125. The van der Waals surface area contributed by atoms with Crippen molar-refractivity contribution in [1.29, 1.82) is 0 Å². The molecule has 0 saturated heterocycles. The Morgan fingerprint density at radius 2 is 2.21 bits per heavy atom. The molecule has 0 radical (unpaired) electrons. The lowest BCUT2D eigenvalue weighted by Gasteiger charge is -2.30. The van der Waals surface area contributed by atoms with Gasteiger partial charge in [-0.2, -0.15) is 0 Å². The highest BCUT2D eigenvalue weighted by Gasteiger charge is 2.29. The molecule has 0 fully saturated rings. The molecule has 1 aliphatic heterocycles. The van der Waals surface area contributed by atoms with Crippen molar-refractivity contribution in [3.8, 4) is 5.75 Å². The van der Waals surface area contributed by atoms with Gasteiger partial charge in [0.1, 0.15) is 5.75 Å². The van der Waals surface area contributed by atoms with Gasteiger partial charge in [0.25, 0.3) is 5.91 Å². The predicted octanol–water partition coefficient (Wildman–Crippen LogP) is 2.63. The van der Waals surface area contributed by atoms with Crippen LogP contribution in [0, 0.1) is 0 Å². The molecule has 0 aliphatic carbocycles. The van der Waals surface area contributed by atoms with Crippen molar-refractivity contribution >= 4 is 29.0 Å². The lowest BCUT2D eigenvalue weighted by Crippen LogP contribution is -2.42. The van der Waals surface area contributed by atoms with E-state index in [0.717, 1.165) is 0 Å². The summed E-state index contributed by atoms with van der Waals surface area (Å²) in [4.78, 5) is 25.4. The van der Waals surface area contributed by atoms with E-state index >= 15 is 0 Å². The second kappa shape index (κ2) is 5.21. The van der Waals surface area contributed by atoms with Crippen LogP contribution >= 0.6 is 11.6 Å². The number of rotatable bonds is 3. The minimum Gasteiger partial charge on any atom is -0.479 e. The maximum absolute atomic E-state index is 12.0. The number of carbonyl (C=O) groups is 2. The zero-order valence-electron chi connectivity index (χ0n) is 11.1. The van der Waals surface area contributed by atoms with Gasteiger partial charge in [0.15, 0.2) is 11.9 Å². The number of alkyl halides is 1. The molecular formula is C14H16ClNO3. The summed E-state index contributed by atoms with van der Waals surface area (Å²) in [5.41, 5.74) is 1.10. The predicted molar refractivity (Wildman–Crippen MR) is 74.2 cm³/mol. The van der Waals surface area contributed by atoms with Crippen LogP contribution < -0.4 is 9.64 Å². The Hall–Kier alpha value is -1.55. The summed E-state index contributed by atoms with van der Waals surface area (Å²) in [5, 5.41) is -0.539. The standard InChI is InChI=1S/C14H16ClNO3/c1-4-10(15)13(17)9-5-6-12-11(7-9)16(3)14(18)8(2)19-12/h5-8,10H,4H2,1-3H3. The molecule has 0 aromatic heterocycles. The van der Waals surface area contributed by atoms with Crippen molar-refractivity contribution in [2.45, 2.75) is 31.7 Å². The Bertz CT molecular complexity index is 529. The average molecular weight is 282 g/mol. The van der Waals surface area contributed by atoms with Crippen LogP contribution in [-0.4, -0.2) is 30.2 Å². The molecule has 2 unspecified atom stereocenters. The first-order valence-electron chi connectivity index (χ1n) is 6.22. The maximum Gasteiger partial charge on any atom is 0.267 e. The highest BCUT2D eigenvalue weighted by atomic mass is 35.5. The van der Waals surface area contributed by atoms with Crippen molar-refractivity contribution in [3.63, 3.8) is 0 Å². The van der Waals surface area contributed by atoms with Crippen molar-refractivity contribution in [2.75, 3.05) is 11.9 Å². The SMILES string of the molecule is CCC(Cl)C(=O)c1ccc2c(c1)N(C)C(=O)C(C)O2. The van der Waals surface area contributed by atoms with Gasteiger partial charge in [-0.25, -0.2) is 0 Å². The number of amides is 1. The van der Waals surface area contributed by atoms with Gasteiger partial charge >= 0.3 is 0 Å². The fourth-order valence-corrected chi connectivity index (χ4v) is 2.16. The Labute approximate surface area is 117 Å². The maximum atomic E-state index is 12.0. The van der Waals surface area contributed by atoms with Crippen LogP contribution in [0.1, 0.15) is 30.6 Å². The van der Waals surface area contributed by atoms with Crippen molar-refractivity contribution in [2.24, 2.45) is 0 Å². The molecule has 1 amide bonds. The van der Waals surface area contributed by atoms with Gasteiger partial charge in [0.05, 0.1) is 11.1 Å². The molecule has 1 heterocycles. The van der Waals surface area contributed by atoms with E-state index < -0.39 is 11.5 Å². The highest BCUT2D eigenvalue weighted by molar-refractivity contribution is 6.34. The highest BCUT2D eigenvalue weighted by Crippen LogP contribution is 2.34. The normalized spacial score (nSPS) is 19.7. The Kier molecular flexibility index (Phi) is 3.80. The van der Waals surface area contributed by atoms with Crippen LogP contribution in [0.3, 0.4) is 0 Å². The summed E-state index contributed by atoms with van der Waals surface area (Å²) in [6, 6.07) is 5.05. The monoisotopic (exact) mass is 281 g/mol. The number of benzene rings is 1. The fraction of sp³-hybridized carbons (Fsp3) is 0.429. The molecule has 2 rings (SSSR count). The number of hydrogen-bond donors (Lipinski definition) is 0. The molecule has 2 atom stereocenters. The molecular weight excluding hydrogens is 266 g/mol. The number of carbonyl (C=O) groups excluding carboxylic acids is 2. The van der Waals surface area contributed by atoms with Gasteiger partial charge in [0, 0.05) is 12.6 Å². The lowest BCUT2D eigenvalue weighted by atomic mass is 10.0. The first-order chi connectivity index (χ1) is 8.95. The van der Waals surface area contributed by atoms with Crippen LogP contribution in [0.4, 0.5) is 5.69 Å². The van der Waals surface area contributed by atoms with E-state index in [1.807, 2.05) is 6.92 Å². The van der Waals surface area contributed by atoms with Crippen LogP contribution in [-0.2, 0) is 4.79 Å². The summed E-state index contributed by atoms with van der Waals surface area (Å²) < 4.78 is 5.50. The second-order valence-corrected chi connectivity index (χ2v) is 5.11. The largest absolute Gasteiger partial charge is 0.479 e. The molecule has 5 heteroatoms. The molecule has 1 aromatic carbocycles. The first-order valence-corrected chi connectivity index (χ1v) is 6.66. The minimum atomic E-state index is -0.539. The molecule has 102 valence electrons. The van der Waals surface area contributed by atoms with E-state index in [1.54, 1.807) is 32.2 Å². The molecule has 0 spiro atoms. The van der Waals surface area contributed by atoms with Gasteiger partial charge in [-0.1, -0.05) is 6.92 Å². The van der Waals surface area contributed by atoms with Gasteiger partial charge < -0.3 is 9.64 Å². The Morgan fingerprint density at radius 1 is 1.53 bits per heavy atom. The second-order valence-electron chi connectivity index (χ2n) is 4.58. The van der Waals surface area contributed by atoms with Crippen LogP contribution in [0.25, 0.3) is 0 Å². The zero-order chi connectivity index (χ0) is 14.2. The Morgan fingerprint density at radius 3 is 2.84 bits per heavy atom. The average Bonchev–Trinajstić information content (AvgIpc) is 2.43. The summed E-state index contributed by atoms with van der Waals surface area (Å²) in [5.74, 6) is 0.343. The topological polar surface area (TPSA) is 46.6 Å². The number of likely N-dealkylation sites (N-methyl/N-ethyl adjacent to an activating group) is 1. The minimum absolute atomic E-state index is 0.130. The number of ketones is 1. The zero-order valence-corrected chi connectivity index (χ0v) is 11.9. The van der Waals surface area contributed by atoms with E-state index in [2.05, 4.69) is 0 Å². The smallest absolute Gasteiger partial charge is 0.267 e. The van der Waals surface area contributed by atoms with Crippen molar-refractivity contribution in [3.05, 3.63) is 23.8 Å².